The highest BCUT2D eigenvalue weighted by molar-refractivity contribution is 7.15. The fourth-order valence-corrected chi connectivity index (χ4v) is 3.00. The van der Waals surface area contributed by atoms with E-state index in [0.29, 0.717) is 13.2 Å². The van der Waals surface area contributed by atoms with Crippen molar-refractivity contribution in [1.29, 1.82) is 0 Å². The van der Waals surface area contributed by atoms with Crippen molar-refractivity contribution in [3.05, 3.63) is 40.4 Å². The Morgan fingerprint density at radius 1 is 1.29 bits per heavy atom. The van der Waals surface area contributed by atoms with E-state index in [9.17, 15) is 0 Å². The normalized spacial score (nSPS) is 10.7. The number of benzene rings is 1. The molecule has 0 aliphatic rings. The Kier molecular flexibility index (Phi) is 5.55. The molecule has 5 nitrogen and oxygen atoms in total. The molecule has 0 unspecified atom stereocenters. The second kappa shape index (κ2) is 7.40. The third-order valence-electron chi connectivity index (χ3n) is 3.16. The average molecular weight is 307 g/mol. The first kappa shape index (κ1) is 15.8. The Labute approximate surface area is 129 Å². The van der Waals surface area contributed by atoms with Gasteiger partial charge < -0.3 is 20.1 Å². The Bertz CT molecular complexity index is 586. The van der Waals surface area contributed by atoms with E-state index in [2.05, 4.69) is 16.0 Å². The Morgan fingerprint density at radius 3 is 2.71 bits per heavy atom. The van der Waals surface area contributed by atoms with Gasteiger partial charge in [0.2, 0.25) is 0 Å². The first-order valence-electron chi connectivity index (χ1n) is 6.70. The highest BCUT2D eigenvalue weighted by atomic mass is 32.1. The molecule has 1 heterocycles. The third-order valence-corrected chi connectivity index (χ3v) is 4.39. The number of rotatable bonds is 7. The van der Waals surface area contributed by atoms with E-state index < -0.39 is 0 Å². The summed E-state index contributed by atoms with van der Waals surface area (Å²) in [6.07, 6.45) is 0. The van der Waals surface area contributed by atoms with E-state index in [-0.39, 0.29) is 0 Å². The predicted octanol–water partition coefficient (Wildman–Crippen LogP) is 2.39. The van der Waals surface area contributed by atoms with Crippen LogP contribution in [0.1, 0.15) is 16.1 Å². The first-order chi connectivity index (χ1) is 10.2. The number of hydrogen-bond acceptors (Lipinski definition) is 6. The molecule has 0 fully saturated rings. The highest BCUT2D eigenvalue weighted by Gasteiger charge is 2.14. The number of hydrogen-bond donors (Lipinski definition) is 1. The zero-order valence-corrected chi connectivity index (χ0v) is 13.4. The molecule has 1 aromatic heterocycles. The molecule has 0 atom stereocenters. The van der Waals surface area contributed by atoms with Crippen molar-refractivity contribution in [2.45, 2.75) is 19.7 Å². The maximum absolute atomic E-state index is 5.77. The van der Waals surface area contributed by atoms with Crippen LogP contribution in [0.15, 0.2) is 24.3 Å². The van der Waals surface area contributed by atoms with E-state index in [1.54, 1.807) is 25.6 Å². The highest BCUT2D eigenvalue weighted by Crippen LogP contribution is 2.28. The SMILES string of the molecule is COCc1nc(N(C)Cc2ccccc2OC)sc1CN. The second-order valence-electron chi connectivity index (χ2n) is 4.67. The first-order valence-corrected chi connectivity index (χ1v) is 7.51. The van der Waals surface area contributed by atoms with Crippen molar-refractivity contribution < 1.29 is 9.47 Å². The predicted molar refractivity (Wildman–Crippen MR) is 85.8 cm³/mol. The van der Waals surface area contributed by atoms with Crippen LogP contribution in [-0.2, 0) is 24.4 Å². The van der Waals surface area contributed by atoms with Crippen LogP contribution < -0.4 is 15.4 Å². The molecule has 1 aromatic carbocycles. The molecule has 0 saturated carbocycles. The molecule has 2 N–H and O–H groups in total. The number of aromatic nitrogens is 1. The van der Waals surface area contributed by atoms with Crippen molar-refractivity contribution >= 4 is 16.5 Å². The lowest BCUT2D eigenvalue weighted by molar-refractivity contribution is 0.181. The van der Waals surface area contributed by atoms with E-state index in [0.717, 1.165) is 33.6 Å². The molecule has 0 spiro atoms. The van der Waals surface area contributed by atoms with Gasteiger partial charge in [0, 0.05) is 37.7 Å². The third kappa shape index (κ3) is 3.72. The fraction of sp³-hybridized carbons (Fsp3) is 0.400. The summed E-state index contributed by atoms with van der Waals surface area (Å²) in [4.78, 5) is 7.79. The molecule has 0 amide bonds. The topological polar surface area (TPSA) is 60.6 Å². The number of methoxy groups -OCH3 is 2. The lowest BCUT2D eigenvalue weighted by atomic mass is 10.2. The van der Waals surface area contributed by atoms with Crippen LogP contribution in [0.3, 0.4) is 0 Å². The number of anilines is 1. The van der Waals surface area contributed by atoms with Gasteiger partial charge in [0.25, 0.3) is 0 Å². The second-order valence-corrected chi connectivity index (χ2v) is 5.73. The zero-order valence-electron chi connectivity index (χ0n) is 12.6. The van der Waals surface area contributed by atoms with E-state index in [1.165, 1.54) is 0 Å². The molecule has 0 aliphatic heterocycles. The van der Waals surface area contributed by atoms with E-state index in [1.807, 2.05) is 25.2 Å². The molecule has 0 bridgehead atoms. The van der Waals surface area contributed by atoms with Gasteiger partial charge in [-0.25, -0.2) is 4.98 Å². The lowest BCUT2D eigenvalue weighted by Gasteiger charge is -2.17. The number of thiazole rings is 1. The van der Waals surface area contributed by atoms with Crippen molar-refractivity contribution in [3.8, 4) is 5.75 Å². The lowest BCUT2D eigenvalue weighted by Crippen LogP contribution is -2.16. The maximum atomic E-state index is 5.77. The molecule has 0 radical (unpaired) electrons. The summed E-state index contributed by atoms with van der Waals surface area (Å²) in [5.74, 6) is 0.886. The van der Waals surface area contributed by atoms with Crippen LogP contribution in [-0.4, -0.2) is 26.3 Å². The monoisotopic (exact) mass is 307 g/mol. The number of ether oxygens (including phenoxy) is 2. The summed E-state index contributed by atoms with van der Waals surface area (Å²) in [5, 5.41) is 0.938. The minimum atomic E-state index is 0.485. The number of nitrogens with two attached hydrogens (primary N) is 1. The number of para-hydroxylation sites is 1. The van der Waals surface area contributed by atoms with Gasteiger partial charge in [0.15, 0.2) is 5.13 Å². The van der Waals surface area contributed by atoms with E-state index in [4.69, 9.17) is 15.2 Å². The summed E-state index contributed by atoms with van der Waals surface area (Å²) < 4.78 is 10.6. The van der Waals surface area contributed by atoms with E-state index >= 15 is 0 Å². The van der Waals surface area contributed by atoms with Crippen molar-refractivity contribution in [2.24, 2.45) is 5.73 Å². The van der Waals surface area contributed by atoms with Gasteiger partial charge in [-0.2, -0.15) is 0 Å². The molecule has 0 aliphatic carbocycles. The quantitative estimate of drug-likeness (QED) is 0.851. The van der Waals surface area contributed by atoms with Gasteiger partial charge in [-0.15, -0.1) is 11.3 Å². The summed E-state index contributed by atoms with van der Waals surface area (Å²) in [6.45, 7) is 1.71. The van der Waals surface area contributed by atoms with Crippen molar-refractivity contribution in [2.75, 3.05) is 26.2 Å². The standard InChI is InChI=1S/C15H21N3O2S/c1-18(9-11-6-4-5-7-13(11)20-3)15-17-12(10-19-2)14(8-16)21-15/h4-7H,8-10,16H2,1-3H3. The molecule has 0 saturated heterocycles. The minimum Gasteiger partial charge on any atom is -0.496 e. The van der Waals surface area contributed by atoms with Gasteiger partial charge in [-0.3, -0.25) is 0 Å². The van der Waals surface area contributed by atoms with Crippen LogP contribution >= 0.6 is 11.3 Å². The van der Waals surface area contributed by atoms with Gasteiger partial charge in [0.05, 0.1) is 19.4 Å². The zero-order chi connectivity index (χ0) is 15.2. The summed E-state index contributed by atoms with van der Waals surface area (Å²) in [7, 11) is 5.37. The van der Waals surface area contributed by atoms with Crippen LogP contribution in [0.5, 0.6) is 5.75 Å². The molecular weight excluding hydrogens is 286 g/mol. The van der Waals surface area contributed by atoms with Gasteiger partial charge >= 0.3 is 0 Å². The van der Waals surface area contributed by atoms with Gasteiger partial charge in [-0.05, 0) is 6.07 Å². The van der Waals surface area contributed by atoms with Gasteiger partial charge in [-0.1, -0.05) is 18.2 Å². The Morgan fingerprint density at radius 2 is 2.05 bits per heavy atom. The van der Waals surface area contributed by atoms with Crippen LogP contribution in [0.25, 0.3) is 0 Å². The molecule has 2 aromatic rings. The smallest absolute Gasteiger partial charge is 0.185 e. The average Bonchev–Trinajstić information content (AvgIpc) is 2.91. The molecular formula is C15H21N3O2S. The van der Waals surface area contributed by atoms with Crippen LogP contribution in [0.2, 0.25) is 0 Å². The van der Waals surface area contributed by atoms with Crippen molar-refractivity contribution in [3.63, 3.8) is 0 Å². The summed E-state index contributed by atoms with van der Waals surface area (Å²) >= 11 is 1.61. The minimum absolute atomic E-state index is 0.485. The number of nitrogens with zero attached hydrogens (tertiary/aromatic N) is 2. The fourth-order valence-electron chi connectivity index (χ4n) is 2.10. The molecule has 6 heteroatoms. The van der Waals surface area contributed by atoms with Crippen LogP contribution in [0, 0.1) is 0 Å². The van der Waals surface area contributed by atoms with Crippen molar-refractivity contribution in [1.82, 2.24) is 4.98 Å². The summed E-state index contributed by atoms with van der Waals surface area (Å²) in [6, 6.07) is 8.00. The molecule has 21 heavy (non-hydrogen) atoms. The molecule has 114 valence electrons. The Hall–Kier alpha value is -1.63. The summed E-state index contributed by atoms with van der Waals surface area (Å²) in [5.41, 5.74) is 7.82. The Balaban J connectivity index is 2.18. The van der Waals surface area contributed by atoms with Gasteiger partial charge in [0.1, 0.15) is 5.75 Å². The maximum Gasteiger partial charge on any atom is 0.185 e. The van der Waals surface area contributed by atoms with Crippen LogP contribution in [0.4, 0.5) is 5.13 Å². The largest absolute Gasteiger partial charge is 0.496 e. The molecule has 2 rings (SSSR count).